The fraction of sp³-hybridized carbons (Fsp3) is 0.875. The number of carbonyl (C=O) groups excluding carboxylic acids is 1. The molecule has 0 radical (unpaired) electrons. The molecule has 0 aromatic carbocycles. The average molecular weight is 315 g/mol. The van der Waals surface area contributed by atoms with Crippen molar-refractivity contribution in [1.82, 2.24) is 8.61 Å². The minimum Gasteiger partial charge on any atom is -0.468 e. The molecule has 112 valence electrons. The second-order valence-electron chi connectivity index (χ2n) is 4.05. The van der Waals surface area contributed by atoms with E-state index in [1.165, 1.54) is 6.92 Å². The molecule has 1 aliphatic heterocycles. The summed E-state index contributed by atoms with van der Waals surface area (Å²) >= 11 is 0. The lowest BCUT2D eigenvalue weighted by Gasteiger charge is -2.33. The summed E-state index contributed by atoms with van der Waals surface area (Å²) in [6, 6.07) is 0. The number of nitrogens with zero attached hydrogens (tertiary/aromatic N) is 2. The Morgan fingerprint density at radius 2 is 1.53 bits per heavy atom. The van der Waals surface area contributed by atoms with Gasteiger partial charge in [0.15, 0.2) is 5.25 Å². The molecule has 0 spiro atoms. The molecular formula is C8H17N3O6S2. The normalized spacial score (nSPS) is 21.0. The van der Waals surface area contributed by atoms with E-state index in [1.807, 2.05) is 0 Å². The lowest BCUT2D eigenvalue weighted by Crippen LogP contribution is -2.54. The first kappa shape index (κ1) is 16.3. The minimum atomic E-state index is -3.85. The highest BCUT2D eigenvalue weighted by Crippen LogP contribution is 2.14. The molecule has 0 amide bonds. The van der Waals surface area contributed by atoms with Gasteiger partial charge in [0.2, 0.25) is 10.0 Å². The van der Waals surface area contributed by atoms with Gasteiger partial charge >= 0.3 is 5.97 Å². The van der Waals surface area contributed by atoms with Crippen molar-refractivity contribution in [2.24, 2.45) is 5.14 Å². The lowest BCUT2D eigenvalue weighted by atomic mass is 10.4. The zero-order valence-corrected chi connectivity index (χ0v) is 12.3. The van der Waals surface area contributed by atoms with Crippen molar-refractivity contribution in [1.29, 1.82) is 0 Å². The van der Waals surface area contributed by atoms with Gasteiger partial charge in [0.1, 0.15) is 0 Å². The molecule has 1 saturated heterocycles. The summed E-state index contributed by atoms with van der Waals surface area (Å²) in [5.41, 5.74) is 0. The van der Waals surface area contributed by atoms with Crippen LogP contribution in [0.15, 0.2) is 0 Å². The van der Waals surface area contributed by atoms with Gasteiger partial charge in [-0.3, -0.25) is 4.79 Å². The molecule has 9 nitrogen and oxygen atoms in total. The third-order valence-corrected chi connectivity index (χ3v) is 6.15. The van der Waals surface area contributed by atoms with Crippen LogP contribution in [0.1, 0.15) is 6.92 Å². The molecule has 0 bridgehead atoms. The van der Waals surface area contributed by atoms with Crippen LogP contribution in [0.2, 0.25) is 0 Å². The zero-order valence-electron chi connectivity index (χ0n) is 10.6. The molecule has 1 unspecified atom stereocenters. The molecule has 2 N–H and O–H groups in total. The quantitative estimate of drug-likeness (QED) is 0.581. The van der Waals surface area contributed by atoms with Gasteiger partial charge in [-0.1, -0.05) is 0 Å². The van der Waals surface area contributed by atoms with Crippen LogP contribution in [-0.2, 0) is 29.8 Å². The lowest BCUT2D eigenvalue weighted by molar-refractivity contribution is -0.139. The predicted octanol–water partition coefficient (Wildman–Crippen LogP) is -2.30. The summed E-state index contributed by atoms with van der Waals surface area (Å²) in [4.78, 5) is 11.3. The summed E-state index contributed by atoms with van der Waals surface area (Å²) < 4.78 is 52.8. The Balaban J connectivity index is 2.77. The van der Waals surface area contributed by atoms with E-state index in [2.05, 4.69) is 4.74 Å². The molecule has 0 aromatic rings. The van der Waals surface area contributed by atoms with Crippen LogP contribution in [0.25, 0.3) is 0 Å². The van der Waals surface area contributed by atoms with E-state index in [0.717, 1.165) is 15.7 Å². The molecule has 11 heteroatoms. The third-order valence-electron chi connectivity index (χ3n) is 2.90. The zero-order chi connectivity index (χ0) is 14.8. The number of esters is 1. The number of nitrogens with two attached hydrogens (primary N) is 1. The molecular weight excluding hydrogens is 298 g/mol. The minimum absolute atomic E-state index is 0.0358. The Morgan fingerprint density at radius 3 is 1.89 bits per heavy atom. The Morgan fingerprint density at radius 1 is 1.11 bits per heavy atom. The van der Waals surface area contributed by atoms with E-state index in [4.69, 9.17) is 5.14 Å². The van der Waals surface area contributed by atoms with Crippen LogP contribution in [0.4, 0.5) is 0 Å². The average Bonchev–Trinajstić information content (AvgIpc) is 2.36. The highest BCUT2D eigenvalue weighted by Gasteiger charge is 2.37. The van der Waals surface area contributed by atoms with E-state index in [-0.39, 0.29) is 26.2 Å². The number of carbonyl (C=O) groups is 1. The molecule has 1 rings (SSSR count). The molecule has 1 atom stereocenters. The molecule has 1 heterocycles. The highest BCUT2D eigenvalue weighted by atomic mass is 32.2. The maximum Gasteiger partial charge on any atom is 0.325 e. The van der Waals surface area contributed by atoms with Crippen LogP contribution in [0.3, 0.4) is 0 Å². The number of piperazine rings is 1. The SMILES string of the molecule is COC(=O)C(C)S(=O)(=O)N1CCN(S(N)(=O)=O)CC1. The van der Waals surface area contributed by atoms with Gasteiger partial charge in [-0.05, 0) is 6.92 Å². The van der Waals surface area contributed by atoms with Crippen LogP contribution >= 0.6 is 0 Å². The summed E-state index contributed by atoms with van der Waals surface area (Å²) in [6.07, 6.45) is 0. The Labute approximate surface area is 112 Å². The Hall–Kier alpha value is -0.750. The van der Waals surface area contributed by atoms with Gasteiger partial charge in [0.25, 0.3) is 10.2 Å². The number of rotatable bonds is 4. The molecule has 1 aliphatic rings. The summed E-state index contributed by atoms with van der Waals surface area (Å²) in [6.45, 7) is 1.07. The van der Waals surface area contributed by atoms with Crippen molar-refractivity contribution in [2.75, 3.05) is 33.3 Å². The van der Waals surface area contributed by atoms with E-state index < -0.39 is 31.5 Å². The van der Waals surface area contributed by atoms with Gasteiger partial charge in [-0.25, -0.2) is 13.6 Å². The van der Waals surface area contributed by atoms with Gasteiger partial charge < -0.3 is 4.74 Å². The summed E-state index contributed by atoms with van der Waals surface area (Å²) in [5, 5.41) is 3.63. The number of sulfonamides is 1. The summed E-state index contributed by atoms with van der Waals surface area (Å²) in [5.74, 6) is -0.853. The van der Waals surface area contributed by atoms with E-state index in [1.54, 1.807) is 0 Å². The van der Waals surface area contributed by atoms with Gasteiger partial charge in [0.05, 0.1) is 7.11 Å². The first-order valence-corrected chi connectivity index (χ1v) is 8.46. The second-order valence-corrected chi connectivity index (χ2v) is 7.85. The number of ether oxygens (including phenoxy) is 1. The second kappa shape index (κ2) is 5.71. The van der Waals surface area contributed by atoms with Crippen molar-refractivity contribution in [3.05, 3.63) is 0 Å². The molecule has 0 aromatic heterocycles. The first-order valence-electron chi connectivity index (χ1n) is 5.45. The highest BCUT2D eigenvalue weighted by molar-refractivity contribution is 7.90. The molecule has 0 saturated carbocycles. The Bertz CT molecular complexity index is 535. The van der Waals surface area contributed by atoms with Crippen LogP contribution in [-0.4, -0.2) is 70.0 Å². The largest absolute Gasteiger partial charge is 0.468 e. The smallest absolute Gasteiger partial charge is 0.325 e. The third kappa shape index (κ3) is 3.63. The van der Waals surface area contributed by atoms with Crippen molar-refractivity contribution < 1.29 is 26.4 Å². The van der Waals surface area contributed by atoms with E-state index in [9.17, 15) is 21.6 Å². The van der Waals surface area contributed by atoms with Crippen molar-refractivity contribution in [2.45, 2.75) is 12.2 Å². The monoisotopic (exact) mass is 315 g/mol. The Kier molecular flexibility index (Phi) is 4.90. The number of methoxy groups -OCH3 is 1. The van der Waals surface area contributed by atoms with Crippen molar-refractivity contribution >= 4 is 26.2 Å². The molecule has 1 fully saturated rings. The van der Waals surface area contributed by atoms with Crippen LogP contribution < -0.4 is 5.14 Å². The van der Waals surface area contributed by atoms with Crippen LogP contribution in [0.5, 0.6) is 0 Å². The van der Waals surface area contributed by atoms with Gasteiger partial charge in [-0.15, -0.1) is 0 Å². The molecule has 19 heavy (non-hydrogen) atoms. The summed E-state index contributed by atoms with van der Waals surface area (Å²) in [7, 11) is -6.56. The maximum absolute atomic E-state index is 12.1. The van der Waals surface area contributed by atoms with E-state index in [0.29, 0.717) is 0 Å². The standard InChI is InChI=1S/C8H17N3O6S2/c1-7(8(12)17-2)18(13,14)10-3-5-11(6-4-10)19(9,15)16/h7H,3-6H2,1-2H3,(H2,9,15,16). The van der Waals surface area contributed by atoms with Crippen LogP contribution in [0, 0.1) is 0 Å². The number of hydrogen-bond donors (Lipinski definition) is 1. The fourth-order valence-corrected chi connectivity index (χ4v) is 3.82. The van der Waals surface area contributed by atoms with Gasteiger partial charge in [-0.2, -0.15) is 17.0 Å². The topological polar surface area (TPSA) is 127 Å². The van der Waals surface area contributed by atoms with E-state index >= 15 is 0 Å². The van der Waals surface area contributed by atoms with Crippen molar-refractivity contribution in [3.63, 3.8) is 0 Å². The van der Waals surface area contributed by atoms with Crippen molar-refractivity contribution in [3.8, 4) is 0 Å². The van der Waals surface area contributed by atoms with Gasteiger partial charge in [0, 0.05) is 26.2 Å². The fourth-order valence-electron chi connectivity index (χ4n) is 1.69. The maximum atomic E-state index is 12.1. The molecule has 0 aliphatic carbocycles. The first-order chi connectivity index (χ1) is 8.60. The number of hydrogen-bond acceptors (Lipinski definition) is 6. The predicted molar refractivity (Wildman–Crippen MR) is 66.7 cm³/mol.